The molecule has 3 aromatic carbocycles. The topological polar surface area (TPSA) is 55.0 Å². The zero-order valence-corrected chi connectivity index (χ0v) is 16.1. The molecule has 0 aliphatic heterocycles. The lowest BCUT2D eigenvalue weighted by molar-refractivity contribution is 0.108. The van der Waals surface area contributed by atoms with Crippen LogP contribution in [-0.2, 0) is 6.42 Å². The highest BCUT2D eigenvalue weighted by Gasteiger charge is 2.22. The van der Waals surface area contributed by atoms with Gasteiger partial charge in [0.1, 0.15) is 17.1 Å². The van der Waals surface area contributed by atoms with Gasteiger partial charge in [0.2, 0.25) is 0 Å². The standard InChI is InChI=1S/C23H19ClN2O2/c1-28-19-13-12-17(22(24)27)20-21(19)26-23(25-20)18(16-10-6-3-7-11-16)14-15-8-4-2-5-9-15/h2-13,18H,14H2,1H3,(H,25,26). The van der Waals surface area contributed by atoms with Gasteiger partial charge in [0.25, 0.3) is 5.24 Å². The Morgan fingerprint density at radius 3 is 2.36 bits per heavy atom. The van der Waals surface area contributed by atoms with Crippen LogP contribution < -0.4 is 4.74 Å². The summed E-state index contributed by atoms with van der Waals surface area (Å²) in [5.74, 6) is 1.37. The van der Waals surface area contributed by atoms with E-state index in [0.717, 1.165) is 17.8 Å². The largest absolute Gasteiger partial charge is 0.494 e. The molecule has 4 nitrogen and oxygen atoms in total. The van der Waals surface area contributed by atoms with Crippen LogP contribution in [0.3, 0.4) is 0 Å². The van der Waals surface area contributed by atoms with E-state index in [1.165, 1.54) is 5.56 Å². The predicted octanol–water partition coefficient (Wildman–Crippen LogP) is 5.33. The van der Waals surface area contributed by atoms with Gasteiger partial charge in [-0.2, -0.15) is 0 Å². The zero-order valence-electron chi connectivity index (χ0n) is 15.4. The summed E-state index contributed by atoms with van der Waals surface area (Å²) >= 11 is 5.79. The predicted molar refractivity (Wildman–Crippen MR) is 111 cm³/mol. The van der Waals surface area contributed by atoms with Crippen LogP contribution in [0.1, 0.15) is 33.2 Å². The smallest absolute Gasteiger partial charge is 0.254 e. The Kier molecular flexibility index (Phi) is 5.13. The molecule has 28 heavy (non-hydrogen) atoms. The number of hydrogen-bond donors (Lipinski definition) is 1. The second-order valence-electron chi connectivity index (χ2n) is 6.59. The van der Waals surface area contributed by atoms with Crippen LogP contribution in [0.15, 0.2) is 72.8 Å². The number of rotatable bonds is 6. The number of imidazole rings is 1. The number of H-pyrrole nitrogens is 1. The van der Waals surface area contributed by atoms with E-state index in [4.69, 9.17) is 21.3 Å². The number of aromatic nitrogens is 2. The maximum absolute atomic E-state index is 11.9. The quantitative estimate of drug-likeness (QED) is 0.453. The average Bonchev–Trinajstić information content (AvgIpc) is 3.17. The molecule has 140 valence electrons. The van der Waals surface area contributed by atoms with Crippen LogP contribution in [-0.4, -0.2) is 22.3 Å². The van der Waals surface area contributed by atoms with Crippen LogP contribution in [0.25, 0.3) is 11.0 Å². The first-order valence-corrected chi connectivity index (χ1v) is 9.40. The lowest BCUT2D eigenvalue weighted by atomic mass is 9.91. The monoisotopic (exact) mass is 390 g/mol. The molecule has 1 aromatic heterocycles. The fourth-order valence-electron chi connectivity index (χ4n) is 3.49. The van der Waals surface area contributed by atoms with Crippen molar-refractivity contribution in [1.82, 2.24) is 9.97 Å². The van der Waals surface area contributed by atoms with Gasteiger partial charge >= 0.3 is 0 Å². The first kappa shape index (κ1) is 18.3. The van der Waals surface area contributed by atoms with Crippen LogP contribution in [0.4, 0.5) is 0 Å². The van der Waals surface area contributed by atoms with Gasteiger partial charge < -0.3 is 9.72 Å². The molecule has 0 radical (unpaired) electrons. The van der Waals surface area contributed by atoms with E-state index in [0.29, 0.717) is 22.3 Å². The summed E-state index contributed by atoms with van der Waals surface area (Å²) in [6, 6.07) is 23.9. The van der Waals surface area contributed by atoms with E-state index < -0.39 is 5.24 Å². The van der Waals surface area contributed by atoms with Crippen LogP contribution >= 0.6 is 11.6 Å². The number of nitrogens with one attached hydrogen (secondary N) is 1. The molecule has 4 rings (SSSR count). The molecule has 0 aliphatic rings. The van der Waals surface area contributed by atoms with E-state index in [2.05, 4.69) is 29.2 Å². The second kappa shape index (κ2) is 7.87. The number of carbonyl (C=O) groups excluding carboxylic acids is 1. The number of carbonyl (C=O) groups is 1. The highest BCUT2D eigenvalue weighted by Crippen LogP contribution is 2.33. The third-order valence-corrected chi connectivity index (χ3v) is 5.08. The summed E-state index contributed by atoms with van der Waals surface area (Å²) in [7, 11) is 1.59. The number of ether oxygens (including phenoxy) is 1. The number of nitrogens with zero attached hydrogens (tertiary/aromatic N) is 1. The molecule has 1 heterocycles. The van der Waals surface area contributed by atoms with Gasteiger partial charge in [-0.3, -0.25) is 4.79 Å². The summed E-state index contributed by atoms with van der Waals surface area (Å²) in [6.45, 7) is 0. The summed E-state index contributed by atoms with van der Waals surface area (Å²) in [5.41, 5.74) is 3.95. The van der Waals surface area contributed by atoms with Gasteiger partial charge in [-0.25, -0.2) is 4.98 Å². The van der Waals surface area contributed by atoms with Crippen molar-refractivity contribution >= 4 is 27.9 Å². The third-order valence-electron chi connectivity index (χ3n) is 4.87. The lowest BCUT2D eigenvalue weighted by Crippen LogP contribution is -2.07. The molecule has 1 N–H and O–H groups in total. The van der Waals surface area contributed by atoms with E-state index in [1.807, 2.05) is 36.4 Å². The highest BCUT2D eigenvalue weighted by molar-refractivity contribution is 6.68. The Morgan fingerprint density at radius 1 is 1.04 bits per heavy atom. The van der Waals surface area contributed by atoms with Crippen molar-refractivity contribution in [3.05, 3.63) is 95.3 Å². The molecule has 0 saturated heterocycles. The molecular formula is C23H19ClN2O2. The van der Waals surface area contributed by atoms with Crippen LogP contribution in [0.2, 0.25) is 0 Å². The van der Waals surface area contributed by atoms with E-state index in [9.17, 15) is 4.79 Å². The maximum atomic E-state index is 11.9. The Hall–Kier alpha value is -3.11. The minimum Gasteiger partial charge on any atom is -0.494 e. The number of fused-ring (bicyclic) bond motifs is 1. The molecule has 0 bridgehead atoms. The molecule has 0 amide bonds. The molecule has 4 aromatic rings. The molecule has 1 atom stereocenters. The lowest BCUT2D eigenvalue weighted by Gasteiger charge is -2.15. The van der Waals surface area contributed by atoms with E-state index in [-0.39, 0.29) is 5.92 Å². The molecule has 0 fully saturated rings. The van der Waals surface area contributed by atoms with Gasteiger partial charge in [-0.1, -0.05) is 60.7 Å². The maximum Gasteiger partial charge on any atom is 0.254 e. The van der Waals surface area contributed by atoms with Crippen molar-refractivity contribution in [2.75, 3.05) is 7.11 Å². The van der Waals surface area contributed by atoms with Crippen molar-refractivity contribution in [2.45, 2.75) is 12.3 Å². The Balaban J connectivity index is 1.87. The molecule has 1 unspecified atom stereocenters. The molecule has 0 aliphatic carbocycles. The van der Waals surface area contributed by atoms with Crippen molar-refractivity contribution in [1.29, 1.82) is 0 Å². The molecule has 5 heteroatoms. The minimum atomic E-state index is -0.526. The van der Waals surface area contributed by atoms with Crippen molar-refractivity contribution in [2.24, 2.45) is 0 Å². The van der Waals surface area contributed by atoms with Gasteiger partial charge in [-0.15, -0.1) is 0 Å². The van der Waals surface area contributed by atoms with Crippen molar-refractivity contribution in [3.8, 4) is 5.75 Å². The number of hydrogen-bond acceptors (Lipinski definition) is 3. The number of halogens is 1. The molecular weight excluding hydrogens is 372 g/mol. The fourth-order valence-corrected chi connectivity index (χ4v) is 3.64. The summed E-state index contributed by atoms with van der Waals surface area (Å²) in [5, 5.41) is -0.526. The first-order valence-electron chi connectivity index (χ1n) is 9.02. The Bertz CT molecular complexity index is 1110. The highest BCUT2D eigenvalue weighted by atomic mass is 35.5. The van der Waals surface area contributed by atoms with Crippen LogP contribution in [0, 0.1) is 0 Å². The number of aromatic amines is 1. The second-order valence-corrected chi connectivity index (χ2v) is 6.93. The van der Waals surface area contributed by atoms with Crippen LogP contribution in [0.5, 0.6) is 5.75 Å². The van der Waals surface area contributed by atoms with E-state index >= 15 is 0 Å². The Morgan fingerprint density at radius 2 is 1.71 bits per heavy atom. The van der Waals surface area contributed by atoms with Crippen molar-refractivity contribution in [3.63, 3.8) is 0 Å². The van der Waals surface area contributed by atoms with Crippen molar-refractivity contribution < 1.29 is 9.53 Å². The molecule has 0 spiro atoms. The molecule has 0 saturated carbocycles. The number of methoxy groups -OCH3 is 1. The summed E-state index contributed by atoms with van der Waals surface area (Å²) in [4.78, 5) is 20.0. The van der Waals surface area contributed by atoms with Gasteiger partial charge in [-0.05, 0) is 41.3 Å². The summed E-state index contributed by atoms with van der Waals surface area (Å²) in [6.07, 6.45) is 0.775. The SMILES string of the molecule is COc1ccc(C(=O)Cl)c2[nH]c(C(Cc3ccccc3)c3ccccc3)nc12. The van der Waals surface area contributed by atoms with Gasteiger partial charge in [0.15, 0.2) is 0 Å². The number of benzene rings is 3. The summed E-state index contributed by atoms with van der Waals surface area (Å²) < 4.78 is 5.44. The zero-order chi connectivity index (χ0) is 19.5. The fraction of sp³-hybridized carbons (Fsp3) is 0.130. The minimum absolute atomic E-state index is 0.000941. The average molecular weight is 391 g/mol. The van der Waals surface area contributed by atoms with E-state index in [1.54, 1.807) is 19.2 Å². The first-order chi connectivity index (χ1) is 13.7. The Labute approximate surface area is 168 Å². The third kappa shape index (κ3) is 3.51. The normalized spacial score (nSPS) is 12.1. The van der Waals surface area contributed by atoms with Gasteiger partial charge in [0, 0.05) is 5.92 Å². The van der Waals surface area contributed by atoms with Gasteiger partial charge in [0.05, 0.1) is 18.2 Å².